The van der Waals surface area contributed by atoms with Gasteiger partial charge in [-0.05, 0) is 43.3 Å². The van der Waals surface area contributed by atoms with Crippen LogP contribution in [0.25, 0.3) is 0 Å². The summed E-state index contributed by atoms with van der Waals surface area (Å²) in [5.41, 5.74) is 1.11. The molecular weight excluding hydrogens is 276 g/mol. The summed E-state index contributed by atoms with van der Waals surface area (Å²) in [4.78, 5) is 0. The van der Waals surface area contributed by atoms with Gasteiger partial charge in [0.2, 0.25) is 6.79 Å². The number of thiocarbonyl (C=S) groups is 1. The van der Waals surface area contributed by atoms with Crippen LogP contribution in [-0.2, 0) is 4.74 Å². The van der Waals surface area contributed by atoms with E-state index in [1.165, 1.54) is 0 Å². The zero-order valence-corrected chi connectivity index (χ0v) is 12.6. The topological polar surface area (TPSA) is 51.8 Å². The molecule has 2 rings (SSSR count). The summed E-state index contributed by atoms with van der Waals surface area (Å²) in [6.45, 7) is 3.88. The molecule has 2 N–H and O–H groups in total. The van der Waals surface area contributed by atoms with E-state index in [1.54, 1.807) is 7.11 Å². The molecular formula is C14H20N2O3S. The standard InChI is InChI=1S/C14H20N2O3S/c1-10(16-14(20)15-6-3-7-17-2)11-4-5-12-13(8-11)19-9-18-12/h4-5,8,10H,3,6-7,9H2,1-2H3,(H2,15,16,20). The van der Waals surface area contributed by atoms with Gasteiger partial charge in [0, 0.05) is 20.3 Å². The average molecular weight is 296 g/mol. The molecule has 110 valence electrons. The number of fused-ring (bicyclic) bond motifs is 1. The van der Waals surface area contributed by atoms with Crippen LogP contribution in [0.4, 0.5) is 0 Å². The summed E-state index contributed by atoms with van der Waals surface area (Å²) >= 11 is 5.26. The third kappa shape index (κ3) is 3.98. The maximum Gasteiger partial charge on any atom is 0.231 e. The Morgan fingerprint density at radius 1 is 1.40 bits per heavy atom. The lowest BCUT2D eigenvalue weighted by Gasteiger charge is -2.17. The minimum absolute atomic E-state index is 0.104. The molecule has 1 unspecified atom stereocenters. The van der Waals surface area contributed by atoms with Crippen molar-refractivity contribution in [3.8, 4) is 11.5 Å². The maximum atomic E-state index is 5.37. The van der Waals surface area contributed by atoms with Gasteiger partial charge in [-0.25, -0.2) is 0 Å². The molecule has 0 saturated carbocycles. The van der Waals surface area contributed by atoms with Crippen LogP contribution in [-0.4, -0.2) is 32.2 Å². The lowest BCUT2D eigenvalue weighted by molar-refractivity contribution is 0.174. The van der Waals surface area contributed by atoms with E-state index >= 15 is 0 Å². The van der Waals surface area contributed by atoms with Gasteiger partial charge < -0.3 is 24.8 Å². The lowest BCUT2D eigenvalue weighted by Crippen LogP contribution is -2.37. The smallest absolute Gasteiger partial charge is 0.231 e. The molecule has 0 aliphatic carbocycles. The molecule has 1 aromatic rings. The summed E-state index contributed by atoms with van der Waals surface area (Å²) in [5, 5.41) is 7.05. The summed E-state index contributed by atoms with van der Waals surface area (Å²) in [6, 6.07) is 6.02. The second-order valence-electron chi connectivity index (χ2n) is 4.58. The maximum absolute atomic E-state index is 5.37. The first kappa shape index (κ1) is 14.9. The Balaban J connectivity index is 1.82. The van der Waals surface area contributed by atoms with Crippen molar-refractivity contribution in [2.45, 2.75) is 19.4 Å². The van der Waals surface area contributed by atoms with Crippen LogP contribution in [0.15, 0.2) is 18.2 Å². The van der Waals surface area contributed by atoms with Crippen LogP contribution >= 0.6 is 12.2 Å². The average Bonchev–Trinajstić information content (AvgIpc) is 2.90. The molecule has 0 bridgehead atoms. The third-order valence-corrected chi connectivity index (χ3v) is 3.32. The van der Waals surface area contributed by atoms with E-state index < -0.39 is 0 Å². The Morgan fingerprint density at radius 2 is 2.20 bits per heavy atom. The Kier molecular flexibility index (Phi) is 5.43. The summed E-state index contributed by atoms with van der Waals surface area (Å²) < 4.78 is 15.7. The molecule has 0 saturated heterocycles. The van der Waals surface area contributed by atoms with Gasteiger partial charge in [0.1, 0.15) is 0 Å². The number of ether oxygens (including phenoxy) is 3. The largest absolute Gasteiger partial charge is 0.454 e. The van der Waals surface area contributed by atoms with Gasteiger partial charge in [0.05, 0.1) is 6.04 Å². The van der Waals surface area contributed by atoms with Crippen LogP contribution in [0.2, 0.25) is 0 Å². The van der Waals surface area contributed by atoms with Crippen LogP contribution in [0, 0.1) is 0 Å². The fourth-order valence-electron chi connectivity index (χ4n) is 1.93. The number of hydrogen-bond acceptors (Lipinski definition) is 4. The van der Waals surface area contributed by atoms with E-state index in [0.717, 1.165) is 36.6 Å². The van der Waals surface area contributed by atoms with E-state index in [0.29, 0.717) is 11.9 Å². The minimum Gasteiger partial charge on any atom is -0.454 e. The van der Waals surface area contributed by atoms with Gasteiger partial charge in [-0.15, -0.1) is 0 Å². The molecule has 1 heterocycles. The Morgan fingerprint density at radius 3 is 3.00 bits per heavy atom. The van der Waals surface area contributed by atoms with Crippen molar-refractivity contribution in [2.75, 3.05) is 27.1 Å². The van der Waals surface area contributed by atoms with Crippen LogP contribution in [0.1, 0.15) is 24.9 Å². The van der Waals surface area contributed by atoms with E-state index in [1.807, 2.05) is 18.2 Å². The Bertz CT molecular complexity index is 468. The van der Waals surface area contributed by atoms with Crippen molar-refractivity contribution < 1.29 is 14.2 Å². The van der Waals surface area contributed by atoms with E-state index in [9.17, 15) is 0 Å². The first-order valence-electron chi connectivity index (χ1n) is 6.63. The van der Waals surface area contributed by atoms with Gasteiger partial charge in [-0.1, -0.05) is 6.07 Å². The van der Waals surface area contributed by atoms with Gasteiger partial charge in [-0.3, -0.25) is 0 Å². The van der Waals surface area contributed by atoms with Crippen molar-refractivity contribution in [2.24, 2.45) is 0 Å². The molecule has 5 nitrogen and oxygen atoms in total. The molecule has 1 aliphatic rings. The number of nitrogens with one attached hydrogen (secondary N) is 2. The van der Waals surface area contributed by atoms with E-state index in [2.05, 4.69) is 17.6 Å². The molecule has 20 heavy (non-hydrogen) atoms. The number of benzene rings is 1. The van der Waals surface area contributed by atoms with Crippen LogP contribution in [0.3, 0.4) is 0 Å². The predicted molar refractivity (Wildman–Crippen MR) is 81.2 cm³/mol. The number of methoxy groups -OCH3 is 1. The second kappa shape index (κ2) is 7.31. The number of hydrogen-bond donors (Lipinski definition) is 2. The highest BCUT2D eigenvalue weighted by Gasteiger charge is 2.15. The van der Waals surface area contributed by atoms with Gasteiger partial charge in [-0.2, -0.15) is 0 Å². The fourth-order valence-corrected chi connectivity index (χ4v) is 2.21. The van der Waals surface area contributed by atoms with Crippen molar-refractivity contribution in [3.63, 3.8) is 0 Å². The van der Waals surface area contributed by atoms with Crippen molar-refractivity contribution >= 4 is 17.3 Å². The second-order valence-corrected chi connectivity index (χ2v) is 4.99. The lowest BCUT2D eigenvalue weighted by atomic mass is 10.1. The van der Waals surface area contributed by atoms with Gasteiger partial charge >= 0.3 is 0 Å². The molecule has 1 aromatic carbocycles. The molecule has 6 heteroatoms. The van der Waals surface area contributed by atoms with Crippen molar-refractivity contribution in [1.29, 1.82) is 0 Å². The summed E-state index contributed by atoms with van der Waals surface area (Å²) in [7, 11) is 1.69. The third-order valence-electron chi connectivity index (χ3n) is 3.06. The molecule has 0 aromatic heterocycles. The Hall–Kier alpha value is -1.53. The monoisotopic (exact) mass is 296 g/mol. The zero-order chi connectivity index (χ0) is 14.4. The van der Waals surface area contributed by atoms with Crippen molar-refractivity contribution in [1.82, 2.24) is 10.6 Å². The highest BCUT2D eigenvalue weighted by atomic mass is 32.1. The van der Waals surface area contributed by atoms with Crippen molar-refractivity contribution in [3.05, 3.63) is 23.8 Å². The normalized spacial score (nSPS) is 13.9. The quantitative estimate of drug-likeness (QED) is 0.618. The van der Waals surface area contributed by atoms with Gasteiger partial charge in [0.25, 0.3) is 0 Å². The van der Waals surface area contributed by atoms with Crippen LogP contribution < -0.4 is 20.1 Å². The summed E-state index contributed by atoms with van der Waals surface area (Å²) in [6.07, 6.45) is 0.927. The highest BCUT2D eigenvalue weighted by molar-refractivity contribution is 7.80. The molecule has 0 fully saturated rings. The van der Waals surface area contributed by atoms with E-state index in [-0.39, 0.29) is 6.04 Å². The first-order chi connectivity index (χ1) is 9.70. The predicted octanol–water partition coefficient (Wildman–Crippen LogP) is 1.98. The SMILES string of the molecule is COCCCNC(=S)NC(C)c1ccc2c(c1)OCO2. The number of rotatable bonds is 6. The first-order valence-corrected chi connectivity index (χ1v) is 7.04. The van der Waals surface area contributed by atoms with Gasteiger partial charge in [0.15, 0.2) is 16.6 Å². The summed E-state index contributed by atoms with van der Waals surface area (Å²) in [5.74, 6) is 1.58. The van der Waals surface area contributed by atoms with E-state index in [4.69, 9.17) is 26.4 Å². The molecule has 1 aliphatic heterocycles. The molecule has 0 radical (unpaired) electrons. The highest BCUT2D eigenvalue weighted by Crippen LogP contribution is 2.34. The minimum atomic E-state index is 0.104. The fraction of sp³-hybridized carbons (Fsp3) is 0.500. The molecule has 0 spiro atoms. The Labute approximate surface area is 124 Å². The molecule has 0 amide bonds. The molecule has 1 atom stereocenters. The zero-order valence-electron chi connectivity index (χ0n) is 11.8. The van der Waals surface area contributed by atoms with Crippen LogP contribution in [0.5, 0.6) is 11.5 Å².